The first-order valence-electron chi connectivity index (χ1n) is 6.66. The Morgan fingerprint density at radius 1 is 1.30 bits per heavy atom. The summed E-state index contributed by atoms with van der Waals surface area (Å²) in [5.41, 5.74) is 1.98. The van der Waals surface area contributed by atoms with Crippen LogP contribution in [0.3, 0.4) is 0 Å². The van der Waals surface area contributed by atoms with Crippen molar-refractivity contribution in [3.63, 3.8) is 0 Å². The van der Waals surface area contributed by atoms with Gasteiger partial charge in [0.1, 0.15) is 0 Å². The fourth-order valence-electron chi connectivity index (χ4n) is 1.74. The van der Waals surface area contributed by atoms with Crippen molar-refractivity contribution in [2.45, 2.75) is 31.6 Å². The van der Waals surface area contributed by atoms with E-state index >= 15 is 0 Å². The zero-order valence-corrected chi connectivity index (χ0v) is 12.6. The maximum Gasteiger partial charge on any atom is 0.225 e. The van der Waals surface area contributed by atoms with Crippen LogP contribution in [-0.4, -0.2) is 21.9 Å². The molecule has 0 aliphatic carbocycles. The van der Waals surface area contributed by atoms with Crippen LogP contribution in [0.2, 0.25) is 0 Å². The number of H-pyrrole nitrogens is 1. The molecule has 106 valence electrons. The lowest BCUT2D eigenvalue weighted by atomic mass is 10.2. The Kier molecular flexibility index (Phi) is 5.24. The summed E-state index contributed by atoms with van der Waals surface area (Å²) < 4.78 is 0. The first kappa shape index (κ1) is 14.7. The molecule has 2 rings (SSSR count). The molecule has 1 amide bonds. The minimum Gasteiger partial charge on any atom is -0.309 e. The molecule has 0 bridgehead atoms. The fraction of sp³-hybridized carbons (Fsp3) is 0.333. The molecule has 0 aliphatic heterocycles. The molecule has 2 aromatic rings. The van der Waals surface area contributed by atoms with Gasteiger partial charge in [0.15, 0.2) is 5.82 Å². The summed E-state index contributed by atoms with van der Waals surface area (Å²) >= 11 is 1.77. The molecule has 2 N–H and O–H groups in total. The van der Waals surface area contributed by atoms with E-state index in [0.29, 0.717) is 12.2 Å². The molecule has 0 aliphatic rings. The molecule has 0 saturated heterocycles. The van der Waals surface area contributed by atoms with Crippen LogP contribution in [0.25, 0.3) is 0 Å². The molecule has 0 radical (unpaired) electrons. The van der Waals surface area contributed by atoms with Crippen molar-refractivity contribution >= 4 is 23.5 Å². The number of carbonyl (C=O) groups excluding carboxylic acids is 1. The van der Waals surface area contributed by atoms with E-state index in [1.54, 1.807) is 11.8 Å². The summed E-state index contributed by atoms with van der Waals surface area (Å²) in [4.78, 5) is 13.1. The molecule has 5 heteroatoms. The lowest BCUT2D eigenvalue weighted by molar-refractivity contribution is -0.116. The van der Waals surface area contributed by atoms with Crippen LogP contribution in [0.1, 0.15) is 24.1 Å². The Morgan fingerprint density at radius 2 is 2.05 bits per heavy atom. The molecule has 1 aromatic carbocycles. The van der Waals surface area contributed by atoms with Gasteiger partial charge < -0.3 is 5.32 Å². The van der Waals surface area contributed by atoms with Crippen LogP contribution in [0.15, 0.2) is 35.2 Å². The Morgan fingerprint density at radius 3 is 2.70 bits per heavy atom. The number of nitrogens with one attached hydrogen (secondary N) is 2. The lowest BCUT2D eigenvalue weighted by Gasteiger charge is -2.03. The van der Waals surface area contributed by atoms with Crippen molar-refractivity contribution in [2.75, 3.05) is 11.1 Å². The van der Waals surface area contributed by atoms with Crippen molar-refractivity contribution in [2.24, 2.45) is 0 Å². The number of hydrogen-bond acceptors (Lipinski definition) is 3. The van der Waals surface area contributed by atoms with Crippen LogP contribution in [0.5, 0.6) is 0 Å². The van der Waals surface area contributed by atoms with Crippen LogP contribution < -0.4 is 5.32 Å². The molecule has 4 nitrogen and oxygen atoms in total. The molecular formula is C15H19N3OS. The second kappa shape index (κ2) is 7.14. The van der Waals surface area contributed by atoms with Gasteiger partial charge in [-0.1, -0.05) is 18.2 Å². The largest absolute Gasteiger partial charge is 0.309 e. The standard InChI is InChI=1S/C15H19N3OS/c1-11-12(2)17-18-15(11)16-14(19)9-6-10-20-13-7-4-3-5-8-13/h3-5,7-8H,6,9-10H2,1-2H3,(H2,16,17,18,19). The summed E-state index contributed by atoms with van der Waals surface area (Å²) in [7, 11) is 0. The Hall–Kier alpha value is -1.75. The van der Waals surface area contributed by atoms with Crippen LogP contribution in [0.4, 0.5) is 5.82 Å². The third-order valence-electron chi connectivity index (χ3n) is 3.07. The van der Waals surface area contributed by atoms with Crippen molar-refractivity contribution in [3.8, 4) is 0 Å². The maximum absolute atomic E-state index is 11.8. The highest BCUT2D eigenvalue weighted by Crippen LogP contribution is 2.19. The quantitative estimate of drug-likeness (QED) is 0.631. The molecule has 1 heterocycles. The Labute approximate surface area is 123 Å². The van der Waals surface area contributed by atoms with E-state index in [9.17, 15) is 4.79 Å². The summed E-state index contributed by atoms with van der Waals surface area (Å²) in [6.45, 7) is 3.88. The van der Waals surface area contributed by atoms with E-state index in [-0.39, 0.29) is 5.91 Å². The summed E-state index contributed by atoms with van der Waals surface area (Å²) in [5, 5.41) is 9.77. The number of aryl methyl sites for hydroxylation is 1. The zero-order chi connectivity index (χ0) is 14.4. The molecule has 0 unspecified atom stereocenters. The number of aromatic amines is 1. The second-order valence-electron chi connectivity index (χ2n) is 4.64. The number of carbonyl (C=O) groups is 1. The third kappa shape index (κ3) is 4.13. The fourth-order valence-corrected chi connectivity index (χ4v) is 2.61. The van der Waals surface area contributed by atoms with Crippen LogP contribution in [-0.2, 0) is 4.79 Å². The number of hydrogen-bond donors (Lipinski definition) is 2. The SMILES string of the molecule is Cc1[nH]nc(NC(=O)CCCSc2ccccc2)c1C. The van der Waals surface area contributed by atoms with Crippen LogP contribution >= 0.6 is 11.8 Å². The smallest absolute Gasteiger partial charge is 0.225 e. The number of thioether (sulfide) groups is 1. The van der Waals surface area contributed by atoms with E-state index in [0.717, 1.165) is 23.4 Å². The lowest BCUT2D eigenvalue weighted by Crippen LogP contribution is -2.12. The molecule has 0 atom stereocenters. The molecule has 0 fully saturated rings. The van der Waals surface area contributed by atoms with Gasteiger partial charge in [-0.15, -0.1) is 11.8 Å². The van der Waals surface area contributed by atoms with E-state index in [4.69, 9.17) is 0 Å². The predicted octanol–water partition coefficient (Wildman–Crippen LogP) is 3.54. The van der Waals surface area contributed by atoms with E-state index < -0.39 is 0 Å². The second-order valence-corrected chi connectivity index (χ2v) is 5.80. The topological polar surface area (TPSA) is 57.8 Å². The maximum atomic E-state index is 11.8. The summed E-state index contributed by atoms with van der Waals surface area (Å²) in [6, 6.07) is 10.2. The van der Waals surface area contributed by atoms with E-state index in [1.165, 1.54) is 4.90 Å². The van der Waals surface area contributed by atoms with E-state index in [2.05, 4.69) is 27.6 Å². The molecule has 0 saturated carbocycles. The van der Waals surface area contributed by atoms with Gasteiger partial charge in [0.05, 0.1) is 0 Å². The molecular weight excluding hydrogens is 270 g/mol. The number of aromatic nitrogens is 2. The minimum absolute atomic E-state index is 0.0215. The first-order chi connectivity index (χ1) is 9.66. The molecule has 1 aromatic heterocycles. The normalized spacial score (nSPS) is 10.5. The van der Waals surface area contributed by atoms with Gasteiger partial charge in [-0.3, -0.25) is 9.89 Å². The van der Waals surface area contributed by atoms with Gasteiger partial charge in [0.2, 0.25) is 5.91 Å². The molecule has 20 heavy (non-hydrogen) atoms. The van der Waals surface area contributed by atoms with Gasteiger partial charge >= 0.3 is 0 Å². The van der Waals surface area contributed by atoms with E-state index in [1.807, 2.05) is 32.0 Å². The van der Waals surface area contributed by atoms with Crippen molar-refractivity contribution < 1.29 is 4.79 Å². The van der Waals surface area contributed by atoms with Crippen molar-refractivity contribution in [1.82, 2.24) is 10.2 Å². The number of nitrogens with zero attached hydrogens (tertiary/aromatic N) is 1. The van der Waals surface area contributed by atoms with Crippen molar-refractivity contribution in [1.29, 1.82) is 0 Å². The van der Waals surface area contributed by atoms with Crippen molar-refractivity contribution in [3.05, 3.63) is 41.6 Å². The Bertz CT molecular complexity index is 566. The molecule has 0 spiro atoms. The highest BCUT2D eigenvalue weighted by molar-refractivity contribution is 7.99. The average Bonchev–Trinajstić information content (AvgIpc) is 2.77. The Balaban J connectivity index is 1.69. The van der Waals surface area contributed by atoms with Crippen LogP contribution in [0, 0.1) is 13.8 Å². The highest BCUT2D eigenvalue weighted by Gasteiger charge is 2.09. The van der Waals surface area contributed by atoms with Gasteiger partial charge in [-0.25, -0.2) is 0 Å². The number of amides is 1. The third-order valence-corrected chi connectivity index (χ3v) is 4.17. The monoisotopic (exact) mass is 289 g/mol. The summed E-state index contributed by atoms with van der Waals surface area (Å²) in [6.07, 6.45) is 1.37. The van der Waals surface area contributed by atoms with Gasteiger partial charge in [-0.2, -0.15) is 5.10 Å². The predicted molar refractivity (Wildman–Crippen MR) is 83.1 cm³/mol. The average molecular weight is 289 g/mol. The van der Waals surface area contributed by atoms with Gasteiger partial charge in [-0.05, 0) is 38.2 Å². The minimum atomic E-state index is 0.0215. The number of rotatable bonds is 6. The number of benzene rings is 1. The zero-order valence-electron chi connectivity index (χ0n) is 11.8. The first-order valence-corrected chi connectivity index (χ1v) is 7.64. The number of anilines is 1. The van der Waals surface area contributed by atoms with Gasteiger partial charge in [0, 0.05) is 22.6 Å². The van der Waals surface area contributed by atoms with Gasteiger partial charge in [0.25, 0.3) is 0 Å². The summed E-state index contributed by atoms with van der Waals surface area (Å²) in [5.74, 6) is 1.60. The highest BCUT2D eigenvalue weighted by atomic mass is 32.2.